The second kappa shape index (κ2) is 3.66. The van der Waals surface area contributed by atoms with Crippen LogP contribution in [0.5, 0.6) is 0 Å². The quantitative estimate of drug-likeness (QED) is 0.640. The van der Waals surface area contributed by atoms with Crippen molar-refractivity contribution < 1.29 is 4.39 Å². The number of hydrogen-bond acceptors (Lipinski definition) is 2. The highest BCUT2D eigenvalue weighted by Crippen LogP contribution is 2.21. The summed E-state index contributed by atoms with van der Waals surface area (Å²) in [5.74, 6) is -0.323. The average molecular weight is 227 g/mol. The topological polar surface area (TPSA) is 30.2 Å². The van der Waals surface area contributed by atoms with E-state index in [1.807, 2.05) is 19.1 Å². The molecular formula is C13H10FN3. The Bertz CT molecular complexity index is 688. The van der Waals surface area contributed by atoms with E-state index in [0.29, 0.717) is 5.69 Å². The number of hydrogen-bond donors (Lipinski definition) is 0. The molecule has 3 rings (SSSR count). The fourth-order valence-electron chi connectivity index (χ4n) is 1.85. The van der Waals surface area contributed by atoms with E-state index in [0.717, 1.165) is 16.6 Å². The van der Waals surface area contributed by atoms with Crippen molar-refractivity contribution >= 4 is 5.52 Å². The molecule has 0 aliphatic heterocycles. The van der Waals surface area contributed by atoms with Crippen LogP contribution < -0.4 is 0 Å². The van der Waals surface area contributed by atoms with E-state index >= 15 is 0 Å². The van der Waals surface area contributed by atoms with Gasteiger partial charge >= 0.3 is 0 Å². The molecule has 0 amide bonds. The molecule has 0 aliphatic carbocycles. The molecule has 0 spiro atoms. The predicted octanol–water partition coefficient (Wildman–Crippen LogP) is 2.84. The van der Waals surface area contributed by atoms with Gasteiger partial charge in [-0.3, -0.25) is 4.98 Å². The van der Waals surface area contributed by atoms with Crippen molar-refractivity contribution in [3.05, 3.63) is 54.2 Å². The average Bonchev–Trinajstić information content (AvgIpc) is 2.71. The smallest absolute Gasteiger partial charge is 0.149 e. The first-order chi connectivity index (χ1) is 8.25. The fourth-order valence-corrected chi connectivity index (χ4v) is 1.85. The summed E-state index contributed by atoms with van der Waals surface area (Å²) in [7, 11) is 0. The van der Waals surface area contributed by atoms with Gasteiger partial charge in [-0.1, -0.05) is 0 Å². The van der Waals surface area contributed by atoms with Crippen molar-refractivity contribution in [1.82, 2.24) is 14.6 Å². The summed E-state index contributed by atoms with van der Waals surface area (Å²) < 4.78 is 15.3. The molecule has 4 heteroatoms. The second-order valence-electron chi connectivity index (χ2n) is 3.91. The van der Waals surface area contributed by atoms with Crippen LogP contribution in [-0.2, 0) is 0 Å². The van der Waals surface area contributed by atoms with Crippen molar-refractivity contribution in [3.8, 4) is 11.3 Å². The predicted molar refractivity (Wildman–Crippen MR) is 63.1 cm³/mol. The Morgan fingerprint density at radius 2 is 2.12 bits per heavy atom. The molecular weight excluding hydrogens is 217 g/mol. The highest BCUT2D eigenvalue weighted by molar-refractivity contribution is 5.64. The molecule has 17 heavy (non-hydrogen) atoms. The third kappa shape index (κ3) is 1.58. The van der Waals surface area contributed by atoms with E-state index in [4.69, 9.17) is 0 Å². The van der Waals surface area contributed by atoms with E-state index in [1.165, 1.54) is 6.07 Å². The van der Waals surface area contributed by atoms with Crippen LogP contribution in [0.3, 0.4) is 0 Å². The monoisotopic (exact) mass is 227 g/mol. The van der Waals surface area contributed by atoms with Gasteiger partial charge in [0.2, 0.25) is 0 Å². The van der Waals surface area contributed by atoms with Crippen LogP contribution in [0.25, 0.3) is 16.8 Å². The van der Waals surface area contributed by atoms with Crippen LogP contribution >= 0.6 is 0 Å². The molecule has 0 fully saturated rings. The first-order valence-corrected chi connectivity index (χ1v) is 5.30. The van der Waals surface area contributed by atoms with Gasteiger partial charge < -0.3 is 0 Å². The lowest BCUT2D eigenvalue weighted by Crippen LogP contribution is -1.92. The molecule has 0 radical (unpaired) electrons. The highest BCUT2D eigenvalue weighted by Gasteiger charge is 2.07. The first-order valence-electron chi connectivity index (χ1n) is 5.30. The fraction of sp³-hybridized carbons (Fsp3) is 0.0769. The lowest BCUT2D eigenvalue weighted by molar-refractivity contribution is 0.625. The van der Waals surface area contributed by atoms with Crippen molar-refractivity contribution in [1.29, 1.82) is 0 Å². The lowest BCUT2D eigenvalue weighted by Gasteiger charge is -2.03. The Balaban J connectivity index is 2.22. The molecule has 0 N–H and O–H groups in total. The summed E-state index contributed by atoms with van der Waals surface area (Å²) in [5, 5.41) is 4.20. The van der Waals surface area contributed by atoms with Gasteiger partial charge in [-0.25, -0.2) is 8.91 Å². The van der Waals surface area contributed by atoms with Crippen LogP contribution in [0.15, 0.2) is 42.9 Å². The number of nitrogens with zero attached hydrogens (tertiary/aromatic N) is 3. The molecule has 0 saturated heterocycles. The minimum atomic E-state index is -0.323. The largest absolute Gasteiger partial charge is 0.253 e. The van der Waals surface area contributed by atoms with Gasteiger partial charge in [0, 0.05) is 18.0 Å². The van der Waals surface area contributed by atoms with Crippen LogP contribution in [0.1, 0.15) is 5.56 Å². The summed E-state index contributed by atoms with van der Waals surface area (Å²) in [5.41, 5.74) is 3.18. The van der Waals surface area contributed by atoms with E-state index in [1.54, 1.807) is 29.2 Å². The second-order valence-corrected chi connectivity index (χ2v) is 3.91. The third-order valence-corrected chi connectivity index (χ3v) is 2.74. The maximum Gasteiger partial charge on any atom is 0.149 e. The maximum atomic E-state index is 13.6. The standard InChI is InChI=1S/C13H10FN3/c1-9-7-16-17-8-10(4-5-12(9)17)13-11(14)3-2-6-15-13/h2-8H,1H3. The molecule has 0 aliphatic rings. The Hall–Kier alpha value is -2.23. The molecule has 3 aromatic heterocycles. The van der Waals surface area contributed by atoms with Crippen molar-refractivity contribution in [2.45, 2.75) is 6.92 Å². The summed E-state index contributed by atoms with van der Waals surface area (Å²) in [6.07, 6.45) is 5.15. The minimum absolute atomic E-state index is 0.323. The van der Waals surface area contributed by atoms with Crippen LogP contribution in [-0.4, -0.2) is 14.6 Å². The van der Waals surface area contributed by atoms with Crippen molar-refractivity contribution in [2.24, 2.45) is 0 Å². The summed E-state index contributed by atoms with van der Waals surface area (Å²) in [6, 6.07) is 6.76. The number of aryl methyl sites for hydroxylation is 1. The van der Waals surface area contributed by atoms with Gasteiger partial charge in [0.25, 0.3) is 0 Å². The molecule has 0 aromatic carbocycles. The van der Waals surface area contributed by atoms with Crippen LogP contribution in [0.2, 0.25) is 0 Å². The number of halogens is 1. The normalized spacial score (nSPS) is 10.9. The number of aromatic nitrogens is 3. The molecule has 3 aromatic rings. The number of fused-ring (bicyclic) bond motifs is 1. The van der Waals surface area contributed by atoms with Crippen LogP contribution in [0.4, 0.5) is 4.39 Å². The van der Waals surface area contributed by atoms with Gasteiger partial charge in [-0.05, 0) is 36.8 Å². The zero-order valence-electron chi connectivity index (χ0n) is 9.26. The SMILES string of the molecule is Cc1cnn2cc(-c3ncccc3F)ccc12. The minimum Gasteiger partial charge on any atom is -0.253 e. The van der Waals surface area contributed by atoms with Gasteiger partial charge in [-0.2, -0.15) is 5.10 Å². The zero-order chi connectivity index (χ0) is 11.8. The molecule has 3 nitrogen and oxygen atoms in total. The van der Waals surface area contributed by atoms with E-state index in [9.17, 15) is 4.39 Å². The van der Waals surface area contributed by atoms with Gasteiger partial charge in [-0.15, -0.1) is 0 Å². The zero-order valence-corrected chi connectivity index (χ0v) is 9.26. The van der Waals surface area contributed by atoms with Crippen molar-refractivity contribution in [3.63, 3.8) is 0 Å². The summed E-state index contributed by atoms with van der Waals surface area (Å²) in [6.45, 7) is 1.99. The summed E-state index contributed by atoms with van der Waals surface area (Å²) >= 11 is 0. The molecule has 84 valence electrons. The van der Waals surface area contributed by atoms with Crippen LogP contribution in [0, 0.1) is 12.7 Å². The first kappa shape index (κ1) is 9.96. The molecule has 0 atom stereocenters. The molecule has 0 saturated carbocycles. The van der Waals surface area contributed by atoms with E-state index < -0.39 is 0 Å². The summed E-state index contributed by atoms with van der Waals surface area (Å²) in [4.78, 5) is 4.05. The van der Waals surface area contributed by atoms with Gasteiger partial charge in [0.1, 0.15) is 11.5 Å². The van der Waals surface area contributed by atoms with Gasteiger partial charge in [0.15, 0.2) is 0 Å². The van der Waals surface area contributed by atoms with Crippen molar-refractivity contribution in [2.75, 3.05) is 0 Å². The number of pyridine rings is 2. The Morgan fingerprint density at radius 3 is 2.94 bits per heavy atom. The highest BCUT2D eigenvalue weighted by atomic mass is 19.1. The van der Waals surface area contributed by atoms with Gasteiger partial charge in [0.05, 0.1) is 11.7 Å². The third-order valence-electron chi connectivity index (χ3n) is 2.74. The molecule has 0 unspecified atom stereocenters. The Kier molecular flexibility index (Phi) is 2.14. The maximum absolute atomic E-state index is 13.6. The Morgan fingerprint density at radius 1 is 1.24 bits per heavy atom. The lowest BCUT2D eigenvalue weighted by atomic mass is 10.1. The van der Waals surface area contributed by atoms with E-state index in [-0.39, 0.29) is 5.82 Å². The molecule has 3 heterocycles. The Labute approximate surface area is 97.5 Å². The molecule has 0 bridgehead atoms. The number of rotatable bonds is 1. The van der Waals surface area contributed by atoms with E-state index in [2.05, 4.69) is 10.1 Å².